The van der Waals surface area contributed by atoms with E-state index in [1.807, 2.05) is 6.20 Å². The molecule has 0 aliphatic rings. The Hall–Kier alpha value is -3.14. The minimum absolute atomic E-state index is 0.952. The normalized spacial score (nSPS) is 11.2. The molecule has 2 aromatic carbocycles. The van der Waals surface area contributed by atoms with Crippen LogP contribution in [0.4, 0.5) is 11.4 Å². The smallest absolute Gasteiger partial charge is 0.0726 e. The maximum absolute atomic E-state index is 4.77. The van der Waals surface area contributed by atoms with Crippen LogP contribution in [-0.2, 0) is 6.42 Å². The van der Waals surface area contributed by atoms with Crippen LogP contribution in [0.5, 0.6) is 0 Å². The molecule has 2 N–H and O–H groups in total. The maximum atomic E-state index is 4.77. The zero-order valence-electron chi connectivity index (χ0n) is 18.8. The van der Waals surface area contributed by atoms with E-state index in [9.17, 15) is 0 Å². The van der Waals surface area contributed by atoms with Gasteiger partial charge in [0.1, 0.15) is 0 Å². The number of aryl methyl sites for hydroxylation is 3. The number of hydrogen-bond acceptors (Lipinski definition) is 4. The Kier molecular flexibility index (Phi) is 6.66. The quantitative estimate of drug-likeness (QED) is 0.302. The van der Waals surface area contributed by atoms with Crippen molar-refractivity contribution >= 4 is 33.2 Å². The molecule has 4 aromatic rings. The summed E-state index contributed by atoms with van der Waals surface area (Å²) >= 11 is 0. The zero-order chi connectivity index (χ0) is 21.6. The van der Waals surface area contributed by atoms with Crippen molar-refractivity contribution in [3.05, 3.63) is 71.5 Å². The van der Waals surface area contributed by atoms with Crippen LogP contribution >= 0.6 is 0 Å². The highest BCUT2D eigenvalue weighted by molar-refractivity contribution is 5.92. The number of anilines is 2. The summed E-state index contributed by atoms with van der Waals surface area (Å²) in [4.78, 5) is 9.23. The van der Waals surface area contributed by atoms with E-state index in [4.69, 9.17) is 4.98 Å². The fourth-order valence-corrected chi connectivity index (χ4v) is 4.01. The average molecular weight is 413 g/mol. The molecule has 4 heteroatoms. The minimum Gasteiger partial charge on any atom is -0.384 e. The summed E-state index contributed by atoms with van der Waals surface area (Å²) in [7, 11) is 0. The summed E-state index contributed by atoms with van der Waals surface area (Å²) in [6, 6.07) is 17.2. The second kappa shape index (κ2) is 9.78. The fraction of sp³-hybridized carbons (Fsp3) is 0.333. The Balaban J connectivity index is 1.28. The molecule has 0 radical (unpaired) electrons. The van der Waals surface area contributed by atoms with Gasteiger partial charge in [-0.3, -0.25) is 9.97 Å². The number of nitrogens with one attached hydrogen (secondary N) is 2. The van der Waals surface area contributed by atoms with E-state index in [1.165, 1.54) is 39.7 Å². The summed E-state index contributed by atoms with van der Waals surface area (Å²) in [5.74, 6) is 0. The van der Waals surface area contributed by atoms with Crippen molar-refractivity contribution in [2.45, 2.75) is 46.5 Å². The highest BCUT2D eigenvalue weighted by Gasteiger charge is 2.06. The number of benzene rings is 2. The number of pyridine rings is 2. The van der Waals surface area contributed by atoms with Crippen LogP contribution in [0, 0.1) is 13.8 Å². The van der Waals surface area contributed by atoms with Gasteiger partial charge in [0, 0.05) is 47.1 Å². The number of rotatable bonds is 9. The standard InChI is InChI=1S/C27H32N4/c1-4-21-18-27(23-17-20(3)9-11-26(23)31-21)29-14-7-5-6-13-28-25-12-15-30-24-10-8-19(2)16-22(24)25/h8-12,15-18H,4-7,13-14H2,1-3H3,(H,28,30)(H,29,31). The molecule has 2 heterocycles. The SMILES string of the molecule is CCc1cc(NCCCCCNc2ccnc3ccc(C)cc23)c2cc(C)ccc2n1. The van der Waals surface area contributed by atoms with E-state index in [-0.39, 0.29) is 0 Å². The van der Waals surface area contributed by atoms with Crippen molar-refractivity contribution in [1.29, 1.82) is 0 Å². The van der Waals surface area contributed by atoms with Crippen LogP contribution in [-0.4, -0.2) is 23.1 Å². The van der Waals surface area contributed by atoms with Gasteiger partial charge in [-0.05, 0) is 75.9 Å². The summed E-state index contributed by atoms with van der Waals surface area (Å²) in [6.07, 6.45) is 6.32. The van der Waals surface area contributed by atoms with Gasteiger partial charge < -0.3 is 10.6 Å². The molecule has 0 amide bonds. The van der Waals surface area contributed by atoms with E-state index in [1.54, 1.807) is 0 Å². The Morgan fingerprint density at radius 1 is 0.710 bits per heavy atom. The molecule has 160 valence electrons. The first-order chi connectivity index (χ1) is 15.1. The third-order valence-electron chi connectivity index (χ3n) is 5.76. The second-order valence-electron chi connectivity index (χ2n) is 8.33. The van der Waals surface area contributed by atoms with Crippen LogP contribution < -0.4 is 10.6 Å². The van der Waals surface area contributed by atoms with Crippen LogP contribution in [0.25, 0.3) is 21.8 Å². The van der Waals surface area contributed by atoms with Gasteiger partial charge in [0.2, 0.25) is 0 Å². The predicted octanol–water partition coefficient (Wildman–Crippen LogP) is 6.66. The van der Waals surface area contributed by atoms with Gasteiger partial charge in [-0.25, -0.2) is 0 Å². The van der Waals surface area contributed by atoms with E-state index in [0.29, 0.717) is 0 Å². The van der Waals surface area contributed by atoms with Crippen molar-refractivity contribution < 1.29 is 0 Å². The van der Waals surface area contributed by atoms with Gasteiger partial charge in [0.25, 0.3) is 0 Å². The van der Waals surface area contributed by atoms with Gasteiger partial charge >= 0.3 is 0 Å². The van der Waals surface area contributed by atoms with Gasteiger partial charge in [0.15, 0.2) is 0 Å². The van der Waals surface area contributed by atoms with E-state index in [2.05, 4.69) is 84.9 Å². The number of hydrogen-bond donors (Lipinski definition) is 2. The summed E-state index contributed by atoms with van der Waals surface area (Å²) in [5.41, 5.74) is 8.19. The highest BCUT2D eigenvalue weighted by atomic mass is 14.9. The number of unbranched alkanes of at least 4 members (excludes halogenated alkanes) is 2. The molecular formula is C27H32N4. The van der Waals surface area contributed by atoms with Gasteiger partial charge in [-0.2, -0.15) is 0 Å². The Labute approximate surface area is 185 Å². The number of fused-ring (bicyclic) bond motifs is 2. The molecule has 0 bridgehead atoms. The average Bonchev–Trinajstić information content (AvgIpc) is 2.78. The van der Waals surface area contributed by atoms with Crippen molar-refractivity contribution in [3.8, 4) is 0 Å². The zero-order valence-corrected chi connectivity index (χ0v) is 18.8. The predicted molar refractivity (Wildman–Crippen MR) is 133 cm³/mol. The molecular weight excluding hydrogens is 380 g/mol. The largest absolute Gasteiger partial charge is 0.384 e. The Morgan fingerprint density at radius 3 is 2.06 bits per heavy atom. The van der Waals surface area contributed by atoms with Crippen LogP contribution in [0.15, 0.2) is 54.7 Å². The van der Waals surface area contributed by atoms with Crippen molar-refractivity contribution in [1.82, 2.24) is 9.97 Å². The number of nitrogens with zero attached hydrogens (tertiary/aromatic N) is 2. The van der Waals surface area contributed by atoms with Crippen LogP contribution in [0.3, 0.4) is 0 Å². The first-order valence-electron chi connectivity index (χ1n) is 11.4. The molecule has 0 spiro atoms. The van der Waals surface area contributed by atoms with Crippen molar-refractivity contribution in [3.63, 3.8) is 0 Å². The summed E-state index contributed by atoms with van der Waals surface area (Å²) in [5, 5.41) is 9.69. The molecule has 0 aliphatic heterocycles. The molecule has 0 saturated carbocycles. The summed E-state index contributed by atoms with van der Waals surface area (Å²) in [6.45, 7) is 8.38. The van der Waals surface area contributed by atoms with Crippen molar-refractivity contribution in [2.24, 2.45) is 0 Å². The van der Waals surface area contributed by atoms with E-state index in [0.717, 1.165) is 49.1 Å². The van der Waals surface area contributed by atoms with Gasteiger partial charge in [-0.1, -0.05) is 30.2 Å². The van der Waals surface area contributed by atoms with E-state index >= 15 is 0 Å². The van der Waals surface area contributed by atoms with Crippen molar-refractivity contribution in [2.75, 3.05) is 23.7 Å². The molecule has 31 heavy (non-hydrogen) atoms. The first-order valence-corrected chi connectivity index (χ1v) is 11.4. The number of aromatic nitrogens is 2. The molecule has 0 aliphatic carbocycles. The third kappa shape index (κ3) is 5.13. The lowest BCUT2D eigenvalue weighted by Crippen LogP contribution is -2.06. The fourth-order valence-electron chi connectivity index (χ4n) is 4.01. The molecule has 2 aromatic heterocycles. The third-order valence-corrected chi connectivity index (χ3v) is 5.76. The molecule has 0 atom stereocenters. The summed E-state index contributed by atoms with van der Waals surface area (Å²) < 4.78 is 0. The molecule has 0 fully saturated rings. The lowest BCUT2D eigenvalue weighted by molar-refractivity contribution is 0.721. The first kappa shape index (κ1) is 21.1. The second-order valence-corrected chi connectivity index (χ2v) is 8.33. The van der Waals surface area contributed by atoms with Gasteiger partial charge in [-0.15, -0.1) is 0 Å². The molecule has 0 unspecified atom stereocenters. The van der Waals surface area contributed by atoms with Crippen LogP contribution in [0.1, 0.15) is 43.0 Å². The topological polar surface area (TPSA) is 49.8 Å². The molecule has 0 saturated heterocycles. The van der Waals surface area contributed by atoms with Gasteiger partial charge in [0.05, 0.1) is 11.0 Å². The monoisotopic (exact) mass is 412 g/mol. The maximum Gasteiger partial charge on any atom is 0.0726 e. The molecule has 4 nitrogen and oxygen atoms in total. The minimum atomic E-state index is 0.952. The molecule has 4 rings (SSSR count). The Morgan fingerprint density at radius 2 is 1.35 bits per heavy atom. The lowest BCUT2D eigenvalue weighted by Gasteiger charge is -2.13. The van der Waals surface area contributed by atoms with Crippen LogP contribution in [0.2, 0.25) is 0 Å². The lowest BCUT2D eigenvalue weighted by atomic mass is 10.1. The Bertz CT molecular complexity index is 1180. The highest BCUT2D eigenvalue weighted by Crippen LogP contribution is 2.25. The van der Waals surface area contributed by atoms with E-state index < -0.39 is 0 Å².